The zero-order valence-corrected chi connectivity index (χ0v) is 21.6. The van der Waals surface area contributed by atoms with Crippen molar-refractivity contribution in [3.63, 3.8) is 0 Å². The number of aromatic nitrogens is 2. The summed E-state index contributed by atoms with van der Waals surface area (Å²) < 4.78 is 6.32. The molecule has 1 aliphatic rings. The van der Waals surface area contributed by atoms with E-state index in [1.807, 2.05) is 30.3 Å². The molecule has 5 rings (SSSR count). The Morgan fingerprint density at radius 1 is 1.17 bits per heavy atom. The molecule has 1 atom stereocenters. The highest BCUT2D eigenvalue weighted by Gasteiger charge is 2.25. The molecular weight excluding hydrogens is 494 g/mol. The number of thioether (sulfide) groups is 1. The van der Waals surface area contributed by atoms with Gasteiger partial charge >= 0.3 is 5.97 Å². The molecule has 2 aromatic carbocycles. The first kappa shape index (κ1) is 24.3. The molecule has 0 aliphatic heterocycles. The lowest BCUT2D eigenvalue weighted by molar-refractivity contribution is -0.113. The standard InChI is InChI=1S/C27H25N3O4S2/c1-16-8-13-20-21(14-16)36-24-23(20)25(32)30(19-6-4-3-5-7-19)27(29-24)35-15-22(31)28-18-11-9-17(10-12-18)26(33)34-2/h3-7,9-12,16H,8,13-15H2,1-2H3,(H,28,31). The maximum atomic E-state index is 13.8. The van der Waals surface area contributed by atoms with Crippen molar-refractivity contribution in [2.24, 2.45) is 5.92 Å². The van der Waals surface area contributed by atoms with E-state index in [1.165, 1.54) is 23.7 Å². The first-order chi connectivity index (χ1) is 17.4. The maximum absolute atomic E-state index is 13.8. The largest absolute Gasteiger partial charge is 0.465 e. The van der Waals surface area contributed by atoms with E-state index in [-0.39, 0.29) is 17.2 Å². The highest BCUT2D eigenvalue weighted by Crippen LogP contribution is 2.37. The Bertz CT molecular complexity index is 1490. The Labute approximate surface area is 216 Å². The lowest BCUT2D eigenvalue weighted by Gasteiger charge is -2.17. The van der Waals surface area contributed by atoms with Crippen LogP contribution in [0.4, 0.5) is 5.69 Å². The van der Waals surface area contributed by atoms with Crippen molar-refractivity contribution in [1.29, 1.82) is 0 Å². The van der Waals surface area contributed by atoms with E-state index in [4.69, 9.17) is 9.72 Å². The molecule has 2 heterocycles. The van der Waals surface area contributed by atoms with Crippen molar-refractivity contribution in [2.45, 2.75) is 31.3 Å². The molecule has 0 fully saturated rings. The second-order valence-corrected chi connectivity index (χ2v) is 10.8. The van der Waals surface area contributed by atoms with E-state index < -0.39 is 5.97 Å². The minimum absolute atomic E-state index is 0.0751. The number of esters is 1. The molecule has 1 N–H and O–H groups in total. The number of benzene rings is 2. The van der Waals surface area contributed by atoms with Gasteiger partial charge < -0.3 is 10.1 Å². The molecule has 184 valence electrons. The van der Waals surface area contributed by atoms with E-state index in [0.717, 1.165) is 35.3 Å². The van der Waals surface area contributed by atoms with Crippen LogP contribution in [-0.4, -0.2) is 34.3 Å². The summed E-state index contributed by atoms with van der Waals surface area (Å²) in [5.41, 5.74) is 2.75. The summed E-state index contributed by atoms with van der Waals surface area (Å²) in [5.74, 6) is -0.000214. The highest BCUT2D eigenvalue weighted by atomic mass is 32.2. The first-order valence-electron chi connectivity index (χ1n) is 11.7. The SMILES string of the molecule is COC(=O)c1ccc(NC(=O)CSc2nc3sc4c(c3c(=O)n2-c2ccccc2)CCC(C)C4)cc1. The number of aryl methyl sites for hydroxylation is 1. The number of methoxy groups -OCH3 is 1. The van der Waals surface area contributed by atoms with Crippen LogP contribution >= 0.6 is 23.1 Å². The van der Waals surface area contributed by atoms with Crippen LogP contribution in [0.15, 0.2) is 64.5 Å². The molecule has 0 bridgehead atoms. The van der Waals surface area contributed by atoms with Gasteiger partial charge in [-0.15, -0.1) is 11.3 Å². The highest BCUT2D eigenvalue weighted by molar-refractivity contribution is 7.99. The molecule has 0 spiro atoms. The molecule has 1 aliphatic carbocycles. The number of hydrogen-bond acceptors (Lipinski definition) is 7. The number of nitrogens with zero attached hydrogens (tertiary/aromatic N) is 2. The smallest absolute Gasteiger partial charge is 0.337 e. The van der Waals surface area contributed by atoms with Gasteiger partial charge in [-0.05, 0) is 67.1 Å². The predicted octanol–water partition coefficient (Wildman–Crippen LogP) is 5.09. The van der Waals surface area contributed by atoms with Crippen LogP contribution in [0.2, 0.25) is 0 Å². The van der Waals surface area contributed by atoms with Gasteiger partial charge in [-0.25, -0.2) is 9.78 Å². The van der Waals surface area contributed by atoms with E-state index >= 15 is 0 Å². The number of ether oxygens (including phenoxy) is 1. The summed E-state index contributed by atoms with van der Waals surface area (Å²) in [4.78, 5) is 45.0. The van der Waals surface area contributed by atoms with Crippen LogP contribution in [0.3, 0.4) is 0 Å². The lowest BCUT2D eigenvalue weighted by atomic mass is 9.89. The fourth-order valence-electron chi connectivity index (χ4n) is 4.41. The van der Waals surface area contributed by atoms with Crippen LogP contribution in [0, 0.1) is 5.92 Å². The fourth-order valence-corrected chi connectivity index (χ4v) is 6.64. The van der Waals surface area contributed by atoms with Gasteiger partial charge in [-0.1, -0.05) is 36.9 Å². The summed E-state index contributed by atoms with van der Waals surface area (Å²) in [6, 6.07) is 15.9. The van der Waals surface area contributed by atoms with E-state index in [9.17, 15) is 14.4 Å². The average Bonchev–Trinajstić information content (AvgIpc) is 3.25. The monoisotopic (exact) mass is 519 g/mol. The van der Waals surface area contributed by atoms with Gasteiger partial charge in [0.1, 0.15) is 4.83 Å². The lowest BCUT2D eigenvalue weighted by Crippen LogP contribution is -2.23. The number of hydrogen-bond donors (Lipinski definition) is 1. The van der Waals surface area contributed by atoms with Gasteiger partial charge in [-0.2, -0.15) is 0 Å². The number of carbonyl (C=O) groups is 2. The van der Waals surface area contributed by atoms with E-state index in [1.54, 1.807) is 40.2 Å². The molecule has 0 radical (unpaired) electrons. The van der Waals surface area contributed by atoms with Crippen LogP contribution in [0.25, 0.3) is 15.9 Å². The van der Waals surface area contributed by atoms with Gasteiger partial charge in [0.2, 0.25) is 5.91 Å². The molecule has 1 unspecified atom stereocenters. The third-order valence-electron chi connectivity index (χ3n) is 6.24. The Morgan fingerprint density at radius 2 is 1.92 bits per heavy atom. The summed E-state index contributed by atoms with van der Waals surface area (Å²) >= 11 is 2.83. The van der Waals surface area contributed by atoms with Gasteiger partial charge in [0, 0.05) is 10.6 Å². The Morgan fingerprint density at radius 3 is 2.64 bits per heavy atom. The Kier molecular flexibility index (Phi) is 6.93. The predicted molar refractivity (Wildman–Crippen MR) is 144 cm³/mol. The van der Waals surface area contributed by atoms with Crippen molar-refractivity contribution < 1.29 is 14.3 Å². The van der Waals surface area contributed by atoms with E-state index in [2.05, 4.69) is 12.2 Å². The Hall–Kier alpha value is -3.43. The number of anilines is 1. The molecule has 0 saturated carbocycles. The maximum Gasteiger partial charge on any atom is 0.337 e. The number of amides is 1. The topological polar surface area (TPSA) is 90.3 Å². The third kappa shape index (κ3) is 4.81. The molecule has 4 aromatic rings. The van der Waals surface area contributed by atoms with Crippen molar-refractivity contribution in [3.8, 4) is 5.69 Å². The summed E-state index contributed by atoms with van der Waals surface area (Å²) in [7, 11) is 1.32. The fraction of sp³-hybridized carbons (Fsp3) is 0.259. The third-order valence-corrected chi connectivity index (χ3v) is 8.32. The van der Waals surface area contributed by atoms with Crippen molar-refractivity contribution in [2.75, 3.05) is 18.2 Å². The molecule has 36 heavy (non-hydrogen) atoms. The van der Waals surface area contributed by atoms with Crippen molar-refractivity contribution in [3.05, 3.63) is 81.0 Å². The van der Waals surface area contributed by atoms with E-state index in [0.29, 0.717) is 27.7 Å². The minimum atomic E-state index is -0.437. The summed E-state index contributed by atoms with van der Waals surface area (Å²) in [6.45, 7) is 2.24. The quantitative estimate of drug-likeness (QED) is 0.217. The summed E-state index contributed by atoms with van der Waals surface area (Å²) in [5, 5.41) is 4.03. The van der Waals surface area contributed by atoms with Crippen molar-refractivity contribution in [1.82, 2.24) is 9.55 Å². The van der Waals surface area contributed by atoms with Gasteiger partial charge in [0.25, 0.3) is 5.56 Å². The number of thiophene rings is 1. The molecule has 1 amide bonds. The Balaban J connectivity index is 1.43. The number of nitrogens with one attached hydrogen (secondary N) is 1. The van der Waals surface area contributed by atoms with Crippen LogP contribution in [-0.2, 0) is 22.4 Å². The first-order valence-corrected chi connectivity index (χ1v) is 13.5. The molecule has 7 nitrogen and oxygen atoms in total. The molecule has 2 aromatic heterocycles. The zero-order chi connectivity index (χ0) is 25.2. The molecule has 0 saturated heterocycles. The van der Waals surface area contributed by atoms with Gasteiger partial charge in [0.15, 0.2) is 5.16 Å². The van der Waals surface area contributed by atoms with Gasteiger partial charge in [0.05, 0.1) is 29.5 Å². The average molecular weight is 520 g/mol. The number of fused-ring (bicyclic) bond motifs is 3. The van der Waals surface area contributed by atoms with Crippen molar-refractivity contribution >= 4 is 50.9 Å². The second kappa shape index (κ2) is 10.3. The normalized spacial score (nSPS) is 14.9. The number of carbonyl (C=O) groups excluding carboxylic acids is 2. The van der Waals surface area contributed by atoms with Crippen LogP contribution in [0.1, 0.15) is 34.1 Å². The van der Waals surface area contributed by atoms with Crippen LogP contribution < -0.4 is 10.9 Å². The van der Waals surface area contributed by atoms with Crippen LogP contribution in [0.5, 0.6) is 0 Å². The zero-order valence-electron chi connectivity index (χ0n) is 19.9. The second-order valence-electron chi connectivity index (χ2n) is 8.81. The number of rotatable bonds is 6. The summed E-state index contributed by atoms with van der Waals surface area (Å²) in [6.07, 6.45) is 2.94. The molecule has 9 heteroatoms. The number of para-hydroxylation sites is 1. The minimum Gasteiger partial charge on any atom is -0.465 e. The van der Waals surface area contributed by atoms with Gasteiger partial charge in [-0.3, -0.25) is 14.2 Å². The molecular formula is C27H25N3O4S2.